The van der Waals surface area contributed by atoms with Gasteiger partial charge in [-0.25, -0.2) is 4.39 Å². The molecule has 20 heavy (non-hydrogen) atoms. The Labute approximate surface area is 119 Å². The van der Waals surface area contributed by atoms with Gasteiger partial charge in [-0.2, -0.15) is 0 Å². The Morgan fingerprint density at radius 1 is 1.05 bits per heavy atom. The fourth-order valence-corrected chi connectivity index (χ4v) is 2.27. The van der Waals surface area contributed by atoms with Crippen LogP contribution in [0, 0.1) is 5.82 Å². The monoisotopic (exact) mass is 270 g/mol. The number of halogens is 1. The number of benzene rings is 2. The summed E-state index contributed by atoms with van der Waals surface area (Å²) in [5.41, 5.74) is 2.52. The van der Waals surface area contributed by atoms with Gasteiger partial charge in [0.2, 0.25) is 0 Å². The van der Waals surface area contributed by atoms with E-state index in [1.807, 2.05) is 42.5 Å². The lowest BCUT2D eigenvalue weighted by atomic mass is 10.0. The van der Waals surface area contributed by atoms with E-state index >= 15 is 0 Å². The molecule has 0 heterocycles. The summed E-state index contributed by atoms with van der Waals surface area (Å²) in [7, 11) is 0. The van der Waals surface area contributed by atoms with Gasteiger partial charge in [-0.1, -0.05) is 42.5 Å². The zero-order valence-electron chi connectivity index (χ0n) is 11.7. The highest BCUT2D eigenvalue weighted by Gasteiger charge is 2.05. The summed E-state index contributed by atoms with van der Waals surface area (Å²) >= 11 is 0. The maximum atomic E-state index is 14.1. The molecule has 2 aromatic carbocycles. The second-order valence-corrected chi connectivity index (χ2v) is 5.09. The Morgan fingerprint density at radius 3 is 2.45 bits per heavy atom. The highest BCUT2D eigenvalue weighted by molar-refractivity contribution is 5.75. The molecular formula is C18H19FO. The molecule has 0 atom stereocenters. The Kier molecular flexibility index (Phi) is 5.05. The lowest BCUT2D eigenvalue weighted by molar-refractivity contribution is -0.117. The zero-order chi connectivity index (χ0) is 14.4. The first-order valence-electron chi connectivity index (χ1n) is 7.00. The van der Waals surface area contributed by atoms with Crippen molar-refractivity contribution < 1.29 is 9.18 Å². The Balaban J connectivity index is 2.01. The van der Waals surface area contributed by atoms with Crippen LogP contribution < -0.4 is 0 Å². The van der Waals surface area contributed by atoms with E-state index in [0.717, 1.165) is 30.4 Å². The summed E-state index contributed by atoms with van der Waals surface area (Å²) in [6.07, 6.45) is 3.23. The van der Waals surface area contributed by atoms with E-state index in [4.69, 9.17) is 0 Å². The fraction of sp³-hybridized carbons (Fsp3) is 0.278. The van der Waals surface area contributed by atoms with Crippen molar-refractivity contribution in [3.8, 4) is 11.1 Å². The van der Waals surface area contributed by atoms with Crippen LogP contribution in [0.15, 0.2) is 48.5 Å². The van der Waals surface area contributed by atoms with Crippen LogP contribution in [0.2, 0.25) is 0 Å². The van der Waals surface area contributed by atoms with E-state index in [9.17, 15) is 9.18 Å². The number of hydrogen-bond acceptors (Lipinski definition) is 1. The van der Waals surface area contributed by atoms with Crippen molar-refractivity contribution in [3.05, 3.63) is 59.9 Å². The van der Waals surface area contributed by atoms with Gasteiger partial charge in [-0.3, -0.25) is 0 Å². The smallest absolute Gasteiger partial charge is 0.131 e. The summed E-state index contributed by atoms with van der Waals surface area (Å²) in [6.45, 7) is 1.61. The van der Waals surface area contributed by atoms with Gasteiger partial charge >= 0.3 is 0 Å². The second-order valence-electron chi connectivity index (χ2n) is 5.09. The standard InChI is InChI=1S/C18H19FO/c1-14(20)7-5-6-8-15-11-12-17(18(19)13-15)16-9-3-2-4-10-16/h2-4,9-13H,5-8H2,1H3. The minimum Gasteiger partial charge on any atom is -0.300 e. The molecule has 0 fully saturated rings. The van der Waals surface area contributed by atoms with Gasteiger partial charge in [0.05, 0.1) is 0 Å². The number of aryl methyl sites for hydroxylation is 1. The normalized spacial score (nSPS) is 10.5. The van der Waals surface area contributed by atoms with Crippen LogP contribution >= 0.6 is 0 Å². The lowest BCUT2D eigenvalue weighted by Crippen LogP contribution is -1.93. The summed E-state index contributed by atoms with van der Waals surface area (Å²) in [4.78, 5) is 10.9. The molecule has 0 saturated heterocycles. The van der Waals surface area contributed by atoms with E-state index in [2.05, 4.69) is 0 Å². The van der Waals surface area contributed by atoms with Crippen LogP contribution in [0.3, 0.4) is 0 Å². The van der Waals surface area contributed by atoms with Gasteiger partial charge < -0.3 is 4.79 Å². The molecule has 1 nitrogen and oxygen atoms in total. The zero-order valence-corrected chi connectivity index (χ0v) is 11.7. The summed E-state index contributed by atoms with van der Waals surface area (Å²) in [5, 5.41) is 0. The van der Waals surface area contributed by atoms with Gasteiger partial charge in [0.15, 0.2) is 0 Å². The number of unbranched alkanes of at least 4 members (excludes halogenated alkanes) is 1. The van der Waals surface area contributed by atoms with Crippen molar-refractivity contribution in [2.45, 2.75) is 32.6 Å². The first-order chi connectivity index (χ1) is 9.66. The summed E-state index contributed by atoms with van der Waals surface area (Å²) < 4.78 is 14.1. The SMILES string of the molecule is CC(=O)CCCCc1ccc(-c2ccccc2)c(F)c1. The van der Waals surface area contributed by atoms with Crippen LogP contribution in [-0.4, -0.2) is 5.78 Å². The quantitative estimate of drug-likeness (QED) is 0.689. The van der Waals surface area contributed by atoms with E-state index in [1.54, 1.807) is 13.0 Å². The first-order valence-corrected chi connectivity index (χ1v) is 7.00. The lowest BCUT2D eigenvalue weighted by Gasteiger charge is -2.06. The molecule has 0 aliphatic carbocycles. The molecule has 0 aliphatic heterocycles. The largest absolute Gasteiger partial charge is 0.300 e. The van der Waals surface area contributed by atoms with Crippen molar-refractivity contribution in [2.75, 3.05) is 0 Å². The fourth-order valence-electron chi connectivity index (χ4n) is 2.27. The molecule has 0 unspecified atom stereocenters. The van der Waals surface area contributed by atoms with Crippen LogP contribution in [-0.2, 0) is 11.2 Å². The molecule has 2 rings (SSSR count). The van der Waals surface area contributed by atoms with Crippen molar-refractivity contribution in [1.29, 1.82) is 0 Å². The van der Waals surface area contributed by atoms with E-state index in [0.29, 0.717) is 12.0 Å². The predicted molar refractivity (Wildman–Crippen MR) is 80.1 cm³/mol. The van der Waals surface area contributed by atoms with Crippen molar-refractivity contribution in [2.24, 2.45) is 0 Å². The highest BCUT2D eigenvalue weighted by Crippen LogP contribution is 2.23. The topological polar surface area (TPSA) is 17.1 Å². The minimum atomic E-state index is -0.180. The van der Waals surface area contributed by atoms with Crippen molar-refractivity contribution >= 4 is 5.78 Å². The van der Waals surface area contributed by atoms with Crippen LogP contribution in [0.1, 0.15) is 31.7 Å². The molecule has 0 saturated carbocycles. The molecule has 0 aromatic heterocycles. The predicted octanol–water partition coefficient (Wildman–Crippen LogP) is 4.79. The van der Waals surface area contributed by atoms with Gasteiger partial charge in [0.25, 0.3) is 0 Å². The molecular weight excluding hydrogens is 251 g/mol. The molecule has 0 radical (unpaired) electrons. The maximum absolute atomic E-state index is 14.1. The Hall–Kier alpha value is -1.96. The van der Waals surface area contributed by atoms with Crippen LogP contribution in [0.25, 0.3) is 11.1 Å². The number of carbonyl (C=O) groups excluding carboxylic acids is 1. The van der Waals surface area contributed by atoms with Gasteiger partial charge in [-0.05, 0) is 43.4 Å². The van der Waals surface area contributed by atoms with Gasteiger partial charge in [-0.15, -0.1) is 0 Å². The average molecular weight is 270 g/mol. The van der Waals surface area contributed by atoms with Gasteiger partial charge in [0, 0.05) is 12.0 Å². The Morgan fingerprint density at radius 2 is 1.80 bits per heavy atom. The third-order valence-electron chi connectivity index (χ3n) is 3.36. The van der Waals surface area contributed by atoms with Crippen molar-refractivity contribution in [3.63, 3.8) is 0 Å². The molecule has 104 valence electrons. The maximum Gasteiger partial charge on any atom is 0.131 e. The highest BCUT2D eigenvalue weighted by atomic mass is 19.1. The van der Waals surface area contributed by atoms with E-state index in [1.165, 1.54) is 0 Å². The third-order valence-corrected chi connectivity index (χ3v) is 3.36. The molecule has 2 aromatic rings. The van der Waals surface area contributed by atoms with E-state index in [-0.39, 0.29) is 11.6 Å². The third kappa shape index (κ3) is 4.02. The number of hydrogen-bond donors (Lipinski definition) is 0. The van der Waals surface area contributed by atoms with Gasteiger partial charge in [0.1, 0.15) is 11.6 Å². The van der Waals surface area contributed by atoms with Crippen LogP contribution in [0.4, 0.5) is 4.39 Å². The molecule has 0 spiro atoms. The first kappa shape index (κ1) is 14.4. The van der Waals surface area contributed by atoms with Crippen molar-refractivity contribution in [1.82, 2.24) is 0 Å². The second kappa shape index (κ2) is 6.99. The van der Waals surface area contributed by atoms with Crippen LogP contribution in [0.5, 0.6) is 0 Å². The average Bonchev–Trinajstić information content (AvgIpc) is 2.44. The summed E-state index contributed by atoms with van der Waals surface area (Å²) in [5.74, 6) is 0.0378. The Bertz CT molecular complexity index is 575. The number of rotatable bonds is 6. The summed E-state index contributed by atoms with van der Waals surface area (Å²) in [6, 6.07) is 15.0. The number of ketones is 1. The van der Waals surface area contributed by atoms with E-state index < -0.39 is 0 Å². The molecule has 0 N–H and O–H groups in total. The number of Topliss-reactive ketones (excluding diaryl/α,β-unsaturated/α-hetero) is 1. The molecule has 0 aliphatic rings. The molecule has 0 bridgehead atoms. The number of carbonyl (C=O) groups is 1. The molecule has 0 amide bonds. The minimum absolute atomic E-state index is 0.180. The molecule has 2 heteroatoms.